The third-order valence-electron chi connectivity index (χ3n) is 4.33. The molecule has 0 bridgehead atoms. The first-order valence-electron chi connectivity index (χ1n) is 7.95. The molecule has 26 heavy (non-hydrogen) atoms. The van der Waals surface area contributed by atoms with Crippen molar-refractivity contribution in [3.05, 3.63) is 42.0 Å². The van der Waals surface area contributed by atoms with Crippen molar-refractivity contribution < 1.29 is 27.7 Å². The standard InChI is InChI=1S/C18H21NO6S/c1-18(2)17(19-26(21,22)11-8-6-5-7-9-11)14-12(25-18)10-13(23-3)16(24-4)15(14)20/h5-10,17,19-20H,1-4H3. The molecule has 0 fully saturated rings. The lowest BCUT2D eigenvalue weighted by Crippen LogP contribution is -2.41. The molecule has 0 saturated heterocycles. The minimum absolute atomic E-state index is 0.122. The van der Waals surface area contributed by atoms with Crippen molar-refractivity contribution in [2.24, 2.45) is 0 Å². The lowest BCUT2D eigenvalue weighted by molar-refractivity contribution is 0.105. The molecule has 1 aliphatic rings. The van der Waals surface area contributed by atoms with Crippen molar-refractivity contribution in [3.63, 3.8) is 0 Å². The number of nitrogens with one attached hydrogen (secondary N) is 1. The van der Waals surface area contributed by atoms with Gasteiger partial charge in [0.05, 0.1) is 30.7 Å². The van der Waals surface area contributed by atoms with Gasteiger partial charge < -0.3 is 19.3 Å². The van der Waals surface area contributed by atoms with Gasteiger partial charge >= 0.3 is 0 Å². The molecule has 0 spiro atoms. The maximum absolute atomic E-state index is 12.8. The van der Waals surface area contributed by atoms with Gasteiger partial charge in [-0.25, -0.2) is 8.42 Å². The van der Waals surface area contributed by atoms with Crippen molar-refractivity contribution >= 4 is 10.0 Å². The number of phenolic OH excluding ortho intramolecular Hbond substituents is 1. The Morgan fingerprint density at radius 3 is 2.38 bits per heavy atom. The molecule has 1 atom stereocenters. The molecule has 2 aromatic carbocycles. The highest BCUT2D eigenvalue weighted by Gasteiger charge is 2.46. The quantitative estimate of drug-likeness (QED) is 0.829. The summed E-state index contributed by atoms with van der Waals surface area (Å²) in [6.07, 6.45) is 0. The maximum Gasteiger partial charge on any atom is 0.241 e. The summed E-state index contributed by atoms with van der Waals surface area (Å²) in [4.78, 5) is 0.129. The summed E-state index contributed by atoms with van der Waals surface area (Å²) < 4.78 is 44.5. The number of hydrogen-bond donors (Lipinski definition) is 2. The van der Waals surface area contributed by atoms with Crippen molar-refractivity contribution in [3.8, 4) is 23.0 Å². The van der Waals surface area contributed by atoms with Crippen LogP contribution in [0.3, 0.4) is 0 Å². The SMILES string of the molecule is COc1cc2c(c(O)c1OC)C(NS(=O)(=O)c1ccccc1)C(C)(C)O2. The van der Waals surface area contributed by atoms with Gasteiger partial charge in [-0.3, -0.25) is 0 Å². The molecule has 8 heteroatoms. The van der Waals surface area contributed by atoms with E-state index in [4.69, 9.17) is 14.2 Å². The third-order valence-corrected chi connectivity index (χ3v) is 5.77. The number of sulfonamides is 1. The average Bonchev–Trinajstić information content (AvgIpc) is 2.85. The van der Waals surface area contributed by atoms with Crippen LogP contribution < -0.4 is 18.9 Å². The first-order chi connectivity index (χ1) is 12.2. The highest BCUT2D eigenvalue weighted by molar-refractivity contribution is 7.89. The lowest BCUT2D eigenvalue weighted by atomic mass is 9.94. The van der Waals surface area contributed by atoms with Crippen LogP contribution >= 0.6 is 0 Å². The normalized spacial score (nSPS) is 18.1. The monoisotopic (exact) mass is 379 g/mol. The fourth-order valence-corrected chi connectivity index (χ4v) is 4.41. The molecular weight excluding hydrogens is 358 g/mol. The number of fused-ring (bicyclic) bond motifs is 1. The van der Waals surface area contributed by atoms with E-state index < -0.39 is 21.7 Å². The Morgan fingerprint density at radius 2 is 1.81 bits per heavy atom. The number of phenols is 1. The van der Waals surface area contributed by atoms with E-state index in [1.165, 1.54) is 26.4 Å². The van der Waals surface area contributed by atoms with Crippen LogP contribution in [0.4, 0.5) is 0 Å². The second-order valence-electron chi connectivity index (χ2n) is 6.45. The second-order valence-corrected chi connectivity index (χ2v) is 8.16. The Kier molecular flexibility index (Phi) is 4.49. The smallest absolute Gasteiger partial charge is 0.241 e. The molecule has 7 nitrogen and oxygen atoms in total. The van der Waals surface area contributed by atoms with Crippen molar-refractivity contribution in [1.29, 1.82) is 0 Å². The first-order valence-corrected chi connectivity index (χ1v) is 9.44. The van der Waals surface area contributed by atoms with E-state index in [1.54, 1.807) is 38.1 Å². The van der Waals surface area contributed by atoms with Crippen LogP contribution in [0.5, 0.6) is 23.0 Å². The van der Waals surface area contributed by atoms with E-state index >= 15 is 0 Å². The summed E-state index contributed by atoms with van der Waals surface area (Å²) in [5.74, 6) is 0.543. The molecule has 0 amide bonds. The summed E-state index contributed by atoms with van der Waals surface area (Å²) in [6.45, 7) is 3.48. The summed E-state index contributed by atoms with van der Waals surface area (Å²) in [5, 5.41) is 10.7. The Bertz CT molecular complexity index is 924. The number of hydrogen-bond acceptors (Lipinski definition) is 6. The number of aromatic hydroxyl groups is 1. The Hall–Kier alpha value is -2.45. The van der Waals surface area contributed by atoms with Gasteiger partial charge in [-0.1, -0.05) is 18.2 Å². The zero-order chi connectivity index (χ0) is 19.1. The van der Waals surface area contributed by atoms with Crippen LogP contribution in [0, 0.1) is 0 Å². The van der Waals surface area contributed by atoms with Gasteiger partial charge in [0.25, 0.3) is 0 Å². The minimum atomic E-state index is -3.82. The Morgan fingerprint density at radius 1 is 1.15 bits per heavy atom. The zero-order valence-corrected chi connectivity index (χ0v) is 15.8. The number of rotatable bonds is 5. The Labute approximate surface area is 152 Å². The molecule has 0 aromatic heterocycles. The number of methoxy groups -OCH3 is 2. The van der Waals surface area contributed by atoms with Crippen LogP contribution in [0.15, 0.2) is 41.3 Å². The maximum atomic E-state index is 12.8. The third kappa shape index (κ3) is 2.95. The predicted octanol–water partition coefficient (Wildman–Crippen LogP) is 2.60. The fraction of sp³-hybridized carbons (Fsp3) is 0.333. The molecule has 2 N–H and O–H groups in total. The molecule has 1 aliphatic heterocycles. The number of benzene rings is 2. The first kappa shape index (κ1) is 18.3. The average molecular weight is 379 g/mol. The topological polar surface area (TPSA) is 94.1 Å². The summed E-state index contributed by atoms with van der Waals surface area (Å²) in [5.41, 5.74) is -0.619. The van der Waals surface area contributed by atoms with Crippen LogP contribution in [0.25, 0.3) is 0 Å². The second kappa shape index (κ2) is 6.37. The molecule has 140 valence electrons. The van der Waals surface area contributed by atoms with E-state index in [-0.39, 0.29) is 16.4 Å². The largest absolute Gasteiger partial charge is 0.504 e. The van der Waals surface area contributed by atoms with Gasteiger partial charge in [-0.15, -0.1) is 0 Å². The molecule has 3 rings (SSSR count). The minimum Gasteiger partial charge on any atom is -0.504 e. The summed E-state index contributed by atoms with van der Waals surface area (Å²) >= 11 is 0. The molecule has 0 saturated carbocycles. The van der Waals surface area contributed by atoms with E-state index in [0.717, 1.165) is 0 Å². The van der Waals surface area contributed by atoms with Crippen LogP contribution in [-0.2, 0) is 10.0 Å². The number of ether oxygens (including phenoxy) is 3. The highest BCUT2D eigenvalue weighted by atomic mass is 32.2. The van der Waals surface area contributed by atoms with Gasteiger partial charge in [0.2, 0.25) is 15.8 Å². The summed E-state index contributed by atoms with van der Waals surface area (Å²) in [6, 6.07) is 8.78. The van der Waals surface area contributed by atoms with Crippen LogP contribution in [0.1, 0.15) is 25.5 Å². The van der Waals surface area contributed by atoms with Crippen LogP contribution in [-0.4, -0.2) is 33.3 Å². The zero-order valence-electron chi connectivity index (χ0n) is 14.9. The van der Waals surface area contributed by atoms with E-state index in [2.05, 4.69) is 4.72 Å². The van der Waals surface area contributed by atoms with Gasteiger partial charge in [-0.05, 0) is 26.0 Å². The molecule has 0 radical (unpaired) electrons. The Balaban J connectivity index is 2.10. The van der Waals surface area contributed by atoms with E-state index in [1.807, 2.05) is 0 Å². The van der Waals surface area contributed by atoms with Crippen LogP contribution in [0.2, 0.25) is 0 Å². The van der Waals surface area contributed by atoms with E-state index in [9.17, 15) is 13.5 Å². The van der Waals surface area contributed by atoms with Gasteiger partial charge in [0.15, 0.2) is 11.5 Å². The lowest BCUT2D eigenvalue weighted by Gasteiger charge is -2.27. The summed E-state index contributed by atoms with van der Waals surface area (Å²) in [7, 11) is -0.982. The molecule has 1 heterocycles. The predicted molar refractivity (Wildman–Crippen MR) is 95.4 cm³/mol. The molecule has 2 aromatic rings. The van der Waals surface area contributed by atoms with E-state index in [0.29, 0.717) is 17.1 Å². The van der Waals surface area contributed by atoms with Gasteiger partial charge in [0.1, 0.15) is 11.4 Å². The van der Waals surface area contributed by atoms with Crippen molar-refractivity contribution in [2.45, 2.75) is 30.4 Å². The molecular formula is C18H21NO6S. The molecule has 0 aliphatic carbocycles. The van der Waals surface area contributed by atoms with Crippen molar-refractivity contribution in [1.82, 2.24) is 4.72 Å². The van der Waals surface area contributed by atoms with Gasteiger partial charge in [-0.2, -0.15) is 4.72 Å². The fourth-order valence-electron chi connectivity index (χ4n) is 3.04. The highest BCUT2D eigenvalue weighted by Crippen LogP contribution is 2.54. The molecule has 1 unspecified atom stereocenters. The van der Waals surface area contributed by atoms with Gasteiger partial charge in [0, 0.05) is 6.07 Å². The van der Waals surface area contributed by atoms with Crippen molar-refractivity contribution in [2.75, 3.05) is 14.2 Å².